The van der Waals surface area contributed by atoms with Gasteiger partial charge in [0, 0.05) is 6.54 Å². The largest absolute Gasteiger partial charge is 0.497 e. The SMILES string of the molecule is COc1cccc(Cn2c(=O)c(C(=O)NCc3ccc(F)cc3)nn(-c3ccccc3)c2=O)c1. The molecule has 0 aliphatic carbocycles. The van der Waals surface area contributed by atoms with E-state index in [-0.39, 0.29) is 13.1 Å². The van der Waals surface area contributed by atoms with Crippen LogP contribution in [0.15, 0.2) is 88.5 Å². The molecule has 8 nitrogen and oxygen atoms in total. The molecule has 4 aromatic rings. The van der Waals surface area contributed by atoms with Gasteiger partial charge in [-0.25, -0.2) is 9.18 Å². The Morgan fingerprint density at radius 2 is 1.71 bits per heavy atom. The van der Waals surface area contributed by atoms with Crippen LogP contribution in [0.2, 0.25) is 0 Å². The van der Waals surface area contributed by atoms with Gasteiger partial charge in [-0.2, -0.15) is 9.78 Å². The first-order valence-electron chi connectivity index (χ1n) is 10.4. The fourth-order valence-electron chi connectivity index (χ4n) is 3.36. The molecule has 0 saturated heterocycles. The predicted octanol–water partition coefficient (Wildman–Crippen LogP) is 2.52. The summed E-state index contributed by atoms with van der Waals surface area (Å²) in [7, 11) is 1.52. The number of carbonyl (C=O) groups is 1. The summed E-state index contributed by atoms with van der Waals surface area (Å²) < 4.78 is 20.3. The highest BCUT2D eigenvalue weighted by atomic mass is 19.1. The quantitative estimate of drug-likeness (QED) is 0.457. The summed E-state index contributed by atoms with van der Waals surface area (Å²) in [6.07, 6.45) is 0. The highest BCUT2D eigenvalue weighted by Crippen LogP contribution is 2.13. The molecule has 172 valence electrons. The Balaban J connectivity index is 1.75. The molecule has 1 aromatic heterocycles. The smallest absolute Gasteiger partial charge is 0.352 e. The van der Waals surface area contributed by atoms with Crippen LogP contribution in [0.1, 0.15) is 21.6 Å². The lowest BCUT2D eigenvalue weighted by atomic mass is 10.2. The number of halogens is 1. The van der Waals surface area contributed by atoms with Crippen molar-refractivity contribution >= 4 is 5.91 Å². The molecular weight excluding hydrogens is 439 g/mol. The first-order valence-corrected chi connectivity index (χ1v) is 10.4. The van der Waals surface area contributed by atoms with Crippen LogP contribution in [0.25, 0.3) is 5.69 Å². The van der Waals surface area contributed by atoms with Crippen LogP contribution < -0.4 is 21.3 Å². The van der Waals surface area contributed by atoms with Gasteiger partial charge in [-0.1, -0.05) is 42.5 Å². The normalized spacial score (nSPS) is 10.6. The van der Waals surface area contributed by atoms with Gasteiger partial charge in [-0.05, 0) is 47.5 Å². The molecule has 9 heteroatoms. The van der Waals surface area contributed by atoms with Gasteiger partial charge in [0.1, 0.15) is 11.6 Å². The zero-order valence-corrected chi connectivity index (χ0v) is 18.3. The van der Waals surface area contributed by atoms with Gasteiger partial charge in [0.2, 0.25) is 5.69 Å². The number of rotatable bonds is 7. The maximum atomic E-state index is 13.2. The molecule has 3 aromatic carbocycles. The van der Waals surface area contributed by atoms with Gasteiger partial charge in [0.05, 0.1) is 19.3 Å². The lowest BCUT2D eigenvalue weighted by molar-refractivity contribution is 0.0941. The molecule has 1 heterocycles. The molecule has 0 bridgehead atoms. The lowest BCUT2D eigenvalue weighted by Gasteiger charge is -2.13. The van der Waals surface area contributed by atoms with Crippen molar-refractivity contribution < 1.29 is 13.9 Å². The van der Waals surface area contributed by atoms with Gasteiger partial charge in [0.15, 0.2) is 0 Å². The third-order valence-corrected chi connectivity index (χ3v) is 5.12. The van der Waals surface area contributed by atoms with E-state index in [1.54, 1.807) is 54.6 Å². The van der Waals surface area contributed by atoms with Crippen molar-refractivity contribution in [2.24, 2.45) is 0 Å². The van der Waals surface area contributed by atoms with Gasteiger partial charge in [0.25, 0.3) is 11.5 Å². The van der Waals surface area contributed by atoms with Crippen LogP contribution in [0.3, 0.4) is 0 Å². The minimum atomic E-state index is -0.823. The molecule has 34 heavy (non-hydrogen) atoms. The Labute approximate surface area is 193 Å². The topological polar surface area (TPSA) is 95.2 Å². The van der Waals surface area contributed by atoms with Gasteiger partial charge < -0.3 is 10.1 Å². The standard InChI is InChI=1S/C25H21FN4O4/c1-34-21-9-5-6-18(14-21)16-29-24(32)22(23(31)27-15-17-10-12-19(26)13-11-17)28-30(25(29)33)20-7-3-2-4-8-20/h2-14H,15-16H2,1H3,(H,27,31). The van der Waals surface area contributed by atoms with Crippen molar-refractivity contribution in [3.8, 4) is 11.4 Å². The Hall–Kier alpha value is -4.53. The van der Waals surface area contributed by atoms with Gasteiger partial charge >= 0.3 is 5.69 Å². The number of ether oxygens (including phenoxy) is 1. The molecule has 0 atom stereocenters. The predicted molar refractivity (Wildman–Crippen MR) is 124 cm³/mol. The zero-order chi connectivity index (χ0) is 24.1. The monoisotopic (exact) mass is 460 g/mol. The number of nitrogens with one attached hydrogen (secondary N) is 1. The van der Waals surface area contributed by atoms with E-state index in [9.17, 15) is 18.8 Å². The molecule has 0 saturated carbocycles. The van der Waals surface area contributed by atoms with Crippen molar-refractivity contribution in [1.29, 1.82) is 0 Å². The molecule has 0 fully saturated rings. The fraction of sp³-hybridized carbons (Fsp3) is 0.120. The number of nitrogens with zero attached hydrogens (tertiary/aromatic N) is 3. The Morgan fingerprint density at radius 3 is 2.41 bits per heavy atom. The Kier molecular flexibility index (Phi) is 6.63. The zero-order valence-electron chi connectivity index (χ0n) is 18.3. The molecule has 0 radical (unpaired) electrons. The number of benzene rings is 3. The second kappa shape index (κ2) is 9.95. The summed E-state index contributed by atoms with van der Waals surface area (Å²) in [4.78, 5) is 39.3. The number of para-hydroxylation sites is 1. The summed E-state index contributed by atoms with van der Waals surface area (Å²) in [5.41, 5.74) is -0.261. The summed E-state index contributed by atoms with van der Waals surface area (Å²) in [6.45, 7) is -0.0248. The molecule has 0 aliphatic rings. The first kappa shape index (κ1) is 22.7. The number of carbonyl (C=O) groups excluding carboxylic acids is 1. The van der Waals surface area contributed by atoms with Crippen molar-refractivity contribution in [3.63, 3.8) is 0 Å². The van der Waals surface area contributed by atoms with Crippen LogP contribution in [0.5, 0.6) is 5.75 Å². The molecule has 0 unspecified atom stereocenters. The van der Waals surface area contributed by atoms with E-state index in [1.165, 1.54) is 31.4 Å². The summed E-state index contributed by atoms with van der Waals surface area (Å²) >= 11 is 0. The highest BCUT2D eigenvalue weighted by molar-refractivity contribution is 5.91. The second-order valence-electron chi connectivity index (χ2n) is 7.43. The number of amides is 1. The number of methoxy groups -OCH3 is 1. The minimum absolute atomic E-state index is 0.0561. The second-order valence-corrected chi connectivity index (χ2v) is 7.43. The van der Waals surface area contributed by atoms with Crippen LogP contribution in [-0.2, 0) is 13.1 Å². The van der Waals surface area contributed by atoms with Crippen LogP contribution in [0.4, 0.5) is 4.39 Å². The first-order chi connectivity index (χ1) is 16.5. The van der Waals surface area contributed by atoms with Gasteiger partial charge in [-0.15, -0.1) is 0 Å². The van der Waals surface area contributed by atoms with E-state index in [0.29, 0.717) is 22.6 Å². The number of aromatic nitrogens is 3. The third-order valence-electron chi connectivity index (χ3n) is 5.12. The fourth-order valence-corrected chi connectivity index (χ4v) is 3.36. The van der Waals surface area contributed by atoms with E-state index in [1.807, 2.05) is 0 Å². The minimum Gasteiger partial charge on any atom is -0.497 e. The molecule has 4 rings (SSSR count). The lowest BCUT2D eigenvalue weighted by Crippen LogP contribution is -2.46. The third kappa shape index (κ3) is 4.93. The Bertz CT molecular complexity index is 1430. The maximum Gasteiger partial charge on any atom is 0.352 e. The van der Waals surface area contributed by atoms with Crippen LogP contribution in [-0.4, -0.2) is 27.4 Å². The van der Waals surface area contributed by atoms with Crippen molar-refractivity contribution in [1.82, 2.24) is 19.7 Å². The molecular formula is C25H21FN4O4. The van der Waals surface area contributed by atoms with E-state index in [0.717, 1.165) is 9.25 Å². The average molecular weight is 460 g/mol. The van der Waals surface area contributed by atoms with E-state index < -0.39 is 28.7 Å². The summed E-state index contributed by atoms with van der Waals surface area (Å²) in [5, 5.41) is 6.69. The summed E-state index contributed by atoms with van der Waals surface area (Å²) in [5.74, 6) is -0.578. The van der Waals surface area contributed by atoms with Crippen molar-refractivity contribution in [3.05, 3.63) is 122 Å². The molecule has 0 aliphatic heterocycles. The highest BCUT2D eigenvalue weighted by Gasteiger charge is 2.20. The number of hydrogen-bond donors (Lipinski definition) is 1. The maximum absolute atomic E-state index is 13.2. The molecule has 0 spiro atoms. The van der Waals surface area contributed by atoms with Crippen molar-refractivity contribution in [2.75, 3.05) is 7.11 Å². The van der Waals surface area contributed by atoms with Crippen molar-refractivity contribution in [2.45, 2.75) is 13.1 Å². The van der Waals surface area contributed by atoms with E-state index in [4.69, 9.17) is 4.74 Å². The average Bonchev–Trinajstić information content (AvgIpc) is 2.87. The number of hydrogen-bond acceptors (Lipinski definition) is 5. The molecule has 1 N–H and O–H groups in total. The van der Waals surface area contributed by atoms with E-state index >= 15 is 0 Å². The van der Waals surface area contributed by atoms with Gasteiger partial charge in [-0.3, -0.25) is 14.2 Å². The molecule has 1 amide bonds. The summed E-state index contributed by atoms with van der Waals surface area (Å²) in [6, 6.07) is 21.0. The Morgan fingerprint density at radius 1 is 0.971 bits per heavy atom. The van der Waals surface area contributed by atoms with Crippen LogP contribution >= 0.6 is 0 Å². The van der Waals surface area contributed by atoms with E-state index in [2.05, 4.69) is 10.4 Å². The van der Waals surface area contributed by atoms with Crippen LogP contribution in [0, 0.1) is 5.82 Å².